The van der Waals surface area contributed by atoms with Gasteiger partial charge >= 0.3 is 45.5 Å². The van der Waals surface area contributed by atoms with E-state index in [-0.39, 0.29) is 103 Å². The Morgan fingerprint density at radius 3 is 2.54 bits per heavy atom. The molecule has 330 valence electrons. The molecule has 0 aliphatic carbocycles. The third-order valence-corrected chi connectivity index (χ3v) is 11.3. The van der Waals surface area contributed by atoms with Gasteiger partial charge < -0.3 is 36.6 Å². The predicted molar refractivity (Wildman–Crippen MR) is 229 cm³/mol. The zero-order valence-electron chi connectivity index (χ0n) is 36.3. The van der Waals surface area contributed by atoms with Crippen molar-refractivity contribution in [3.05, 3.63) is 103 Å². The first-order valence-electron chi connectivity index (χ1n) is 20.8. The minimum absolute atomic E-state index is 0. The van der Waals surface area contributed by atoms with Crippen LogP contribution in [0.15, 0.2) is 72.9 Å². The molecule has 0 saturated carbocycles. The maximum absolute atomic E-state index is 17.1. The summed E-state index contributed by atoms with van der Waals surface area (Å²) >= 11 is 0. The molecule has 0 spiro atoms. The first-order chi connectivity index (χ1) is 29.3. The van der Waals surface area contributed by atoms with Crippen LogP contribution in [0.2, 0.25) is 0 Å². The fourth-order valence-electron chi connectivity index (χ4n) is 8.67. The molecule has 2 aromatic heterocycles. The Morgan fingerprint density at radius 2 is 1.76 bits per heavy atom. The van der Waals surface area contributed by atoms with Crippen molar-refractivity contribution in [2.45, 2.75) is 89.4 Å². The molecule has 5 heterocycles. The predicted octanol–water partition coefficient (Wildman–Crippen LogP) is 9.14. The van der Waals surface area contributed by atoms with E-state index in [0.29, 0.717) is 37.4 Å². The van der Waals surface area contributed by atoms with Gasteiger partial charge in [-0.25, -0.2) is 28.8 Å². The number of nitrogens with one attached hydrogen (secondary N) is 1. The van der Waals surface area contributed by atoms with Gasteiger partial charge in [-0.3, -0.25) is 9.88 Å². The molecule has 16 heteroatoms. The Kier molecular flexibility index (Phi) is 15.4. The van der Waals surface area contributed by atoms with E-state index in [2.05, 4.69) is 25.2 Å². The van der Waals surface area contributed by atoms with Gasteiger partial charge in [0.1, 0.15) is 36.2 Å². The van der Waals surface area contributed by atoms with Crippen molar-refractivity contribution in [2.24, 2.45) is 0 Å². The molecule has 3 aromatic carbocycles. The number of likely N-dealkylation sites (tertiary alicyclic amines) is 1. The van der Waals surface area contributed by atoms with Crippen LogP contribution in [0.1, 0.15) is 64.0 Å². The van der Waals surface area contributed by atoms with Gasteiger partial charge in [-0.2, -0.15) is 9.97 Å². The second-order valence-corrected chi connectivity index (χ2v) is 17.1. The molecule has 0 radical (unpaired) electrons. The number of amides is 2. The summed E-state index contributed by atoms with van der Waals surface area (Å²) in [4.78, 5) is 42.4. The van der Waals surface area contributed by atoms with E-state index in [1.54, 1.807) is 26.8 Å². The maximum atomic E-state index is 17.1. The summed E-state index contributed by atoms with van der Waals surface area (Å²) in [5.41, 5.74) is 1.17. The molecule has 1 unspecified atom stereocenters. The fraction of sp³-hybridized carbons (Fsp3) is 0.426. The molecular formula is C47H53CdF3N6O6. The summed E-state index contributed by atoms with van der Waals surface area (Å²) in [5.74, 6) is -0.560. The first-order valence-corrected chi connectivity index (χ1v) is 20.8. The van der Waals surface area contributed by atoms with E-state index in [1.807, 2.05) is 60.7 Å². The maximum Gasteiger partial charge on any atom is 2.00 e. The molecule has 12 nitrogen and oxygen atoms in total. The Balaban J connectivity index is 0.00000330. The molecule has 3 fully saturated rings. The van der Waals surface area contributed by atoms with Gasteiger partial charge in [0.2, 0.25) is 5.88 Å². The SMILES string of the molecule is CC(C)(C)OC(=O)N1C[C-](NC(=O)OCCCc2cccc3cccc(-c4ncc5c(OCc6ccccc6)nc(OC[C@@]67CCCN6C[C@H](F)C7)nc5c4F)c23)CC(F)C1.[CH3-].[Cd+2]. The van der Waals surface area contributed by atoms with Crippen LogP contribution in [-0.4, -0.2) is 99.8 Å². The van der Waals surface area contributed by atoms with Crippen LogP contribution in [0.25, 0.3) is 32.9 Å². The average Bonchev–Trinajstić information content (AvgIpc) is 3.76. The van der Waals surface area contributed by atoms with Crippen molar-refractivity contribution < 1.29 is 69.0 Å². The summed E-state index contributed by atoms with van der Waals surface area (Å²) in [7, 11) is 0. The summed E-state index contributed by atoms with van der Waals surface area (Å²) in [6.07, 6.45) is 0.773. The number of carbonyl (C=O) groups excluding carboxylic acids is 2. The number of alkyl halides is 2. The van der Waals surface area contributed by atoms with Crippen LogP contribution in [0, 0.1) is 19.3 Å². The number of fused-ring (bicyclic) bond motifs is 3. The second-order valence-electron chi connectivity index (χ2n) is 17.1. The number of aryl methyl sites for hydroxylation is 1. The van der Waals surface area contributed by atoms with Gasteiger partial charge in [-0.05, 0) is 74.9 Å². The minimum Gasteiger partial charge on any atom is -0.472 e. The molecule has 3 aliphatic heterocycles. The van der Waals surface area contributed by atoms with Crippen LogP contribution in [0.4, 0.5) is 22.8 Å². The molecule has 0 bridgehead atoms. The molecule has 1 N–H and O–H groups in total. The Hall–Kier alpha value is -4.78. The third kappa shape index (κ3) is 11.1. The number of halogens is 3. The summed E-state index contributed by atoms with van der Waals surface area (Å²) in [6.45, 7) is 6.61. The Labute approximate surface area is 386 Å². The molecule has 63 heavy (non-hydrogen) atoms. The number of aromatic nitrogens is 3. The van der Waals surface area contributed by atoms with Crippen molar-refractivity contribution in [2.75, 3.05) is 39.4 Å². The molecule has 3 aliphatic rings. The number of nitrogens with zero attached hydrogens (tertiary/aromatic N) is 5. The summed E-state index contributed by atoms with van der Waals surface area (Å²) in [6, 6.07) is 21.2. The van der Waals surface area contributed by atoms with Crippen molar-refractivity contribution in [3.63, 3.8) is 0 Å². The zero-order valence-corrected chi connectivity index (χ0v) is 40.3. The number of hydrogen-bond acceptors (Lipinski definition) is 10. The Bertz CT molecular complexity index is 2390. The number of benzene rings is 3. The van der Waals surface area contributed by atoms with E-state index in [0.717, 1.165) is 41.3 Å². The van der Waals surface area contributed by atoms with Gasteiger partial charge in [-0.1, -0.05) is 73.3 Å². The molecule has 5 aromatic rings. The van der Waals surface area contributed by atoms with Gasteiger partial charge in [0.15, 0.2) is 5.82 Å². The number of piperidine rings is 1. The van der Waals surface area contributed by atoms with Crippen LogP contribution in [0.3, 0.4) is 0 Å². The Morgan fingerprint density at radius 1 is 0.984 bits per heavy atom. The molecule has 3 saturated heterocycles. The van der Waals surface area contributed by atoms with Gasteiger partial charge in [0, 0.05) is 31.3 Å². The number of ether oxygens (including phenoxy) is 4. The van der Waals surface area contributed by atoms with Crippen LogP contribution in [0.5, 0.6) is 11.9 Å². The van der Waals surface area contributed by atoms with Crippen LogP contribution < -0.4 is 14.8 Å². The quantitative estimate of drug-likeness (QED) is 0.0735. The normalized spacial score (nSPS) is 20.1. The topological polar surface area (TPSA) is 128 Å². The fourth-order valence-corrected chi connectivity index (χ4v) is 8.67. The monoisotopic (exact) mass is 968 g/mol. The average molecular weight is 967 g/mol. The number of rotatable bonds is 12. The number of hydrogen-bond donors (Lipinski definition) is 1. The van der Waals surface area contributed by atoms with Crippen molar-refractivity contribution in [1.29, 1.82) is 0 Å². The third-order valence-electron chi connectivity index (χ3n) is 11.3. The zero-order chi connectivity index (χ0) is 42.7. The van der Waals surface area contributed by atoms with Crippen molar-refractivity contribution in [1.82, 2.24) is 30.1 Å². The van der Waals surface area contributed by atoms with Crippen LogP contribution in [-0.2, 0) is 49.8 Å². The smallest absolute Gasteiger partial charge is 0.472 e. The largest absolute Gasteiger partial charge is 2.00 e. The molecule has 2 amide bonds. The minimum atomic E-state index is -1.36. The van der Waals surface area contributed by atoms with Crippen LogP contribution >= 0.6 is 0 Å². The van der Waals surface area contributed by atoms with Gasteiger partial charge in [0.05, 0.1) is 23.7 Å². The molecule has 8 rings (SSSR count). The van der Waals surface area contributed by atoms with E-state index < -0.39 is 41.5 Å². The van der Waals surface area contributed by atoms with Crippen molar-refractivity contribution in [3.8, 4) is 23.1 Å². The number of carbonyl (C=O) groups is 2. The van der Waals surface area contributed by atoms with E-state index in [9.17, 15) is 18.4 Å². The summed E-state index contributed by atoms with van der Waals surface area (Å²) in [5, 5.41) is 4.52. The van der Waals surface area contributed by atoms with E-state index >= 15 is 4.39 Å². The van der Waals surface area contributed by atoms with E-state index in [1.165, 1.54) is 11.1 Å². The first kappa shape index (κ1) is 47.7. The van der Waals surface area contributed by atoms with Gasteiger partial charge in [-0.15, -0.1) is 6.42 Å². The molecular weight excluding hydrogens is 914 g/mol. The summed E-state index contributed by atoms with van der Waals surface area (Å²) < 4.78 is 69.4. The van der Waals surface area contributed by atoms with Gasteiger partial charge in [0.25, 0.3) is 0 Å². The second kappa shape index (κ2) is 20.4. The van der Waals surface area contributed by atoms with Crippen molar-refractivity contribution >= 4 is 33.9 Å². The number of pyridine rings is 1. The molecule has 3 atom stereocenters. The van der Waals surface area contributed by atoms with E-state index in [4.69, 9.17) is 18.9 Å². The standard InChI is InChI=1S/C46H50F3N6O6.CH3.Cd/c1-45(2,3)61-44(57)54-24-32(47)21-34(26-54)51-43(56)58-20-9-16-31-14-7-13-30-15-8-17-35(37(30)31)39-38(49)40-36(23-50-39)41(59-27-29-11-5-4-6-12-29)53-42(52-40)60-28-46-18-10-19-55(46)25-33(48)22-46;;/h4-8,11-15,17,23,32-33H,9-10,16,18-22,24-28H2,1-3H3,(H,51,56);1H3;/q2*-1;+2/t32?,33-,46+;;/m1../s1. The number of alkyl carbamates (subject to hydrolysis) is 1.